The molecule has 2 aromatic carbocycles. The summed E-state index contributed by atoms with van der Waals surface area (Å²) in [7, 11) is 0. The van der Waals surface area contributed by atoms with Crippen LogP contribution in [-0.2, 0) is 6.42 Å². The second kappa shape index (κ2) is 3.95. The highest BCUT2D eigenvalue weighted by atomic mass is 16.5. The second-order valence-corrected chi connectivity index (χ2v) is 4.06. The molecule has 0 unspecified atom stereocenters. The van der Waals surface area contributed by atoms with Gasteiger partial charge in [0.25, 0.3) is 0 Å². The SMILES string of the molecule is N#CCOc1cccc2c1Cc1ccccc1-2. The second-order valence-electron chi connectivity index (χ2n) is 4.06. The van der Waals surface area contributed by atoms with Gasteiger partial charge in [-0.25, -0.2) is 0 Å². The first-order valence-electron chi connectivity index (χ1n) is 5.60. The lowest BCUT2D eigenvalue weighted by molar-refractivity contribution is 0.365. The van der Waals surface area contributed by atoms with Crippen LogP contribution in [0.5, 0.6) is 5.75 Å². The van der Waals surface area contributed by atoms with E-state index in [0.29, 0.717) is 0 Å². The summed E-state index contributed by atoms with van der Waals surface area (Å²) in [5.41, 5.74) is 5.04. The molecule has 0 heterocycles. The zero-order valence-electron chi connectivity index (χ0n) is 9.31. The van der Waals surface area contributed by atoms with Crippen molar-refractivity contribution in [3.8, 4) is 22.9 Å². The summed E-state index contributed by atoms with van der Waals surface area (Å²) in [5, 5.41) is 8.57. The third-order valence-corrected chi connectivity index (χ3v) is 3.10. The molecule has 0 spiro atoms. The van der Waals surface area contributed by atoms with Crippen molar-refractivity contribution in [2.24, 2.45) is 0 Å². The number of nitriles is 1. The predicted octanol–water partition coefficient (Wildman–Crippen LogP) is 3.16. The highest BCUT2D eigenvalue weighted by Gasteiger charge is 2.20. The van der Waals surface area contributed by atoms with E-state index in [-0.39, 0.29) is 6.61 Å². The molecule has 0 radical (unpaired) electrons. The molecule has 0 atom stereocenters. The van der Waals surface area contributed by atoms with Gasteiger partial charge in [-0.15, -0.1) is 0 Å². The molecule has 0 saturated carbocycles. The van der Waals surface area contributed by atoms with E-state index in [1.165, 1.54) is 22.3 Å². The Kier molecular flexibility index (Phi) is 2.31. The number of ether oxygens (including phenoxy) is 1. The van der Waals surface area contributed by atoms with Crippen molar-refractivity contribution in [3.63, 3.8) is 0 Å². The molecule has 2 heteroatoms. The van der Waals surface area contributed by atoms with E-state index in [9.17, 15) is 0 Å². The number of fused-ring (bicyclic) bond motifs is 3. The molecule has 0 aliphatic heterocycles. The molecular weight excluding hydrogens is 210 g/mol. The fraction of sp³-hybridized carbons (Fsp3) is 0.133. The zero-order chi connectivity index (χ0) is 11.7. The topological polar surface area (TPSA) is 33.0 Å². The van der Waals surface area contributed by atoms with Crippen molar-refractivity contribution < 1.29 is 4.74 Å². The van der Waals surface area contributed by atoms with Crippen LogP contribution in [0, 0.1) is 11.3 Å². The summed E-state index contributed by atoms with van der Waals surface area (Å²) in [5.74, 6) is 0.834. The Morgan fingerprint density at radius 2 is 1.88 bits per heavy atom. The Labute approximate surface area is 100 Å². The van der Waals surface area contributed by atoms with Gasteiger partial charge in [0.05, 0.1) is 0 Å². The molecular formula is C15H11NO. The first-order valence-corrected chi connectivity index (χ1v) is 5.60. The average Bonchev–Trinajstić information content (AvgIpc) is 2.75. The summed E-state index contributed by atoms with van der Waals surface area (Å²) in [6.07, 6.45) is 0.896. The summed E-state index contributed by atoms with van der Waals surface area (Å²) >= 11 is 0. The minimum atomic E-state index is 0.104. The summed E-state index contributed by atoms with van der Waals surface area (Å²) in [6.45, 7) is 0.104. The van der Waals surface area contributed by atoms with Crippen LogP contribution < -0.4 is 4.74 Å². The summed E-state index contributed by atoms with van der Waals surface area (Å²) in [6, 6.07) is 16.4. The van der Waals surface area contributed by atoms with Crippen molar-refractivity contribution in [1.29, 1.82) is 5.26 Å². The van der Waals surface area contributed by atoms with Crippen molar-refractivity contribution in [1.82, 2.24) is 0 Å². The van der Waals surface area contributed by atoms with Gasteiger partial charge in [-0.05, 0) is 22.8 Å². The van der Waals surface area contributed by atoms with Crippen LogP contribution in [0.4, 0.5) is 0 Å². The van der Waals surface area contributed by atoms with Gasteiger partial charge in [0.15, 0.2) is 6.61 Å². The van der Waals surface area contributed by atoms with Crippen molar-refractivity contribution in [2.75, 3.05) is 6.61 Å². The van der Waals surface area contributed by atoms with Crippen LogP contribution in [0.1, 0.15) is 11.1 Å². The number of nitrogens with zero attached hydrogens (tertiary/aromatic N) is 1. The molecule has 82 valence electrons. The van der Waals surface area contributed by atoms with Crippen LogP contribution >= 0.6 is 0 Å². The van der Waals surface area contributed by atoms with Gasteiger partial charge in [0, 0.05) is 12.0 Å². The van der Waals surface area contributed by atoms with Crippen LogP contribution in [0.25, 0.3) is 11.1 Å². The van der Waals surface area contributed by atoms with Crippen LogP contribution in [0.2, 0.25) is 0 Å². The van der Waals surface area contributed by atoms with E-state index in [4.69, 9.17) is 10.00 Å². The summed E-state index contributed by atoms with van der Waals surface area (Å²) in [4.78, 5) is 0. The Bertz CT molecular complexity index is 611. The van der Waals surface area contributed by atoms with Crippen LogP contribution in [0.3, 0.4) is 0 Å². The van der Waals surface area contributed by atoms with E-state index in [1.807, 2.05) is 18.2 Å². The number of hydrogen-bond acceptors (Lipinski definition) is 2. The standard InChI is InChI=1S/C15H11NO/c16-8-9-17-15-7-3-6-13-12-5-2-1-4-11(12)10-14(13)15/h1-7H,9-10H2. The first-order chi connectivity index (χ1) is 8.40. The van der Waals surface area contributed by atoms with Crippen molar-refractivity contribution >= 4 is 0 Å². The normalized spacial score (nSPS) is 11.5. The third kappa shape index (κ3) is 1.57. The first kappa shape index (κ1) is 9.92. The van der Waals surface area contributed by atoms with Gasteiger partial charge >= 0.3 is 0 Å². The predicted molar refractivity (Wildman–Crippen MR) is 65.8 cm³/mol. The van der Waals surface area contributed by atoms with Crippen molar-refractivity contribution in [3.05, 3.63) is 53.6 Å². The molecule has 1 aliphatic rings. The maximum Gasteiger partial charge on any atom is 0.174 e. The molecule has 0 aromatic heterocycles. The maximum atomic E-state index is 8.57. The zero-order valence-corrected chi connectivity index (χ0v) is 9.31. The van der Waals surface area contributed by atoms with E-state index in [0.717, 1.165) is 12.2 Å². The number of hydrogen-bond donors (Lipinski definition) is 0. The number of rotatable bonds is 2. The molecule has 0 N–H and O–H groups in total. The van der Waals surface area contributed by atoms with Crippen LogP contribution in [0.15, 0.2) is 42.5 Å². The largest absolute Gasteiger partial charge is 0.478 e. The fourth-order valence-corrected chi connectivity index (χ4v) is 2.37. The van der Waals surface area contributed by atoms with Gasteiger partial charge in [-0.1, -0.05) is 36.4 Å². The molecule has 3 rings (SSSR count). The Morgan fingerprint density at radius 1 is 1.06 bits per heavy atom. The Balaban J connectivity index is 2.08. The molecule has 0 bridgehead atoms. The van der Waals surface area contributed by atoms with Gasteiger partial charge in [0.2, 0.25) is 0 Å². The minimum Gasteiger partial charge on any atom is -0.478 e. The average molecular weight is 221 g/mol. The smallest absolute Gasteiger partial charge is 0.174 e. The lowest BCUT2D eigenvalue weighted by Crippen LogP contribution is -1.96. The lowest BCUT2D eigenvalue weighted by atomic mass is 10.1. The van der Waals surface area contributed by atoms with Crippen LogP contribution in [-0.4, -0.2) is 6.61 Å². The molecule has 2 nitrogen and oxygen atoms in total. The molecule has 1 aliphatic carbocycles. The third-order valence-electron chi connectivity index (χ3n) is 3.10. The van der Waals surface area contributed by atoms with Gasteiger partial charge in [-0.2, -0.15) is 5.26 Å². The van der Waals surface area contributed by atoms with E-state index in [2.05, 4.69) is 30.3 Å². The quantitative estimate of drug-likeness (QED) is 0.666. The highest BCUT2D eigenvalue weighted by Crippen LogP contribution is 2.40. The minimum absolute atomic E-state index is 0.104. The summed E-state index contributed by atoms with van der Waals surface area (Å²) < 4.78 is 5.47. The monoisotopic (exact) mass is 221 g/mol. The van der Waals surface area contributed by atoms with Gasteiger partial charge in [-0.3, -0.25) is 0 Å². The van der Waals surface area contributed by atoms with E-state index < -0.39 is 0 Å². The van der Waals surface area contributed by atoms with E-state index >= 15 is 0 Å². The molecule has 0 saturated heterocycles. The molecule has 0 amide bonds. The van der Waals surface area contributed by atoms with Gasteiger partial charge in [0.1, 0.15) is 11.8 Å². The molecule has 0 fully saturated rings. The Hall–Kier alpha value is -2.27. The maximum absolute atomic E-state index is 8.57. The molecule has 2 aromatic rings. The Morgan fingerprint density at radius 3 is 2.76 bits per heavy atom. The van der Waals surface area contributed by atoms with E-state index in [1.54, 1.807) is 0 Å². The highest BCUT2D eigenvalue weighted by molar-refractivity contribution is 5.78. The fourth-order valence-electron chi connectivity index (χ4n) is 2.37. The number of benzene rings is 2. The van der Waals surface area contributed by atoms with Gasteiger partial charge < -0.3 is 4.74 Å². The van der Waals surface area contributed by atoms with Crippen molar-refractivity contribution in [2.45, 2.75) is 6.42 Å². The molecule has 17 heavy (non-hydrogen) atoms. The lowest BCUT2D eigenvalue weighted by Gasteiger charge is -2.07.